The van der Waals surface area contributed by atoms with E-state index in [9.17, 15) is 19.2 Å². The number of halogens is 2. The molecule has 0 aliphatic rings. The third-order valence-electron chi connectivity index (χ3n) is 9.28. The van der Waals surface area contributed by atoms with Gasteiger partial charge < -0.3 is 42.9 Å². The molecule has 10 nitrogen and oxygen atoms in total. The number of unbranched alkanes of at least 4 members (excludes halogenated alkanes) is 9. The zero-order valence-corrected chi connectivity index (χ0v) is 33.1. The van der Waals surface area contributed by atoms with Gasteiger partial charge in [-0.05, 0) is 65.2 Å². The minimum absolute atomic E-state index is 0. The number of rotatable bonds is 21. The lowest BCUT2D eigenvalue weighted by Gasteiger charge is -2.30. The zero-order chi connectivity index (χ0) is 32.9. The van der Waals surface area contributed by atoms with Crippen LogP contribution >= 0.6 is 0 Å². The molecule has 0 saturated carbocycles. The van der Waals surface area contributed by atoms with Gasteiger partial charge in [0.15, 0.2) is 0 Å². The maximum atomic E-state index is 12.4. The Labute approximate surface area is 297 Å². The lowest BCUT2D eigenvalue weighted by molar-refractivity contribution is -0.890. The summed E-state index contributed by atoms with van der Waals surface area (Å²) in [5.41, 5.74) is 0.572. The van der Waals surface area contributed by atoms with Gasteiger partial charge in [-0.3, -0.25) is 27.9 Å². The van der Waals surface area contributed by atoms with Gasteiger partial charge in [0.05, 0.1) is 54.4 Å². The molecule has 2 aromatic rings. The standard InChI is InChI=1S/C34H62N6O4.2BrH/c1-29-27-31(41)35(3)33(43)37(29)21-15-19-25-39(5,6)23-17-13-11-9-10-12-14-18-24-40(7,8)26-20-16-22-38-30(2)28-32(42)36(4)34(38)44;;/h27-28H,9-26H2,1-8H3;2*1H/q+2;;/p-2. The maximum absolute atomic E-state index is 12.4. The van der Waals surface area contributed by atoms with E-state index in [4.69, 9.17) is 0 Å². The summed E-state index contributed by atoms with van der Waals surface area (Å²) in [4.78, 5) is 48.2. The van der Waals surface area contributed by atoms with Gasteiger partial charge in [-0.1, -0.05) is 25.7 Å². The first-order valence-corrected chi connectivity index (χ1v) is 16.8. The number of quaternary nitrogens is 2. The molecule has 0 bridgehead atoms. The lowest BCUT2D eigenvalue weighted by Crippen LogP contribution is -3.00. The van der Waals surface area contributed by atoms with Gasteiger partial charge in [-0.2, -0.15) is 0 Å². The van der Waals surface area contributed by atoms with E-state index in [1.807, 2.05) is 13.8 Å². The molecule has 2 aromatic heterocycles. The smallest absolute Gasteiger partial charge is 0.330 e. The highest BCUT2D eigenvalue weighted by Gasteiger charge is 2.16. The summed E-state index contributed by atoms with van der Waals surface area (Å²) in [5.74, 6) is 0. The molecular formula is C34H62Br2N6O4. The van der Waals surface area contributed by atoms with Crippen LogP contribution in [0.2, 0.25) is 0 Å². The molecule has 2 heterocycles. The highest BCUT2D eigenvalue weighted by atomic mass is 79.9. The van der Waals surface area contributed by atoms with E-state index >= 15 is 0 Å². The van der Waals surface area contributed by atoms with Crippen LogP contribution in [0.25, 0.3) is 0 Å². The largest absolute Gasteiger partial charge is 1.00 e. The summed E-state index contributed by atoms with van der Waals surface area (Å²) in [6.45, 7) is 9.57. The van der Waals surface area contributed by atoms with Crippen LogP contribution in [0.1, 0.15) is 88.4 Å². The van der Waals surface area contributed by atoms with E-state index in [-0.39, 0.29) is 56.5 Å². The van der Waals surface area contributed by atoms with Crippen molar-refractivity contribution >= 4 is 0 Å². The summed E-state index contributed by atoms with van der Waals surface area (Å²) < 4.78 is 7.83. The van der Waals surface area contributed by atoms with Crippen molar-refractivity contribution in [1.82, 2.24) is 18.3 Å². The Kier molecular flexibility index (Phi) is 20.4. The van der Waals surface area contributed by atoms with Crippen LogP contribution in [0.5, 0.6) is 0 Å². The van der Waals surface area contributed by atoms with E-state index in [1.165, 1.54) is 73.6 Å². The molecule has 0 aliphatic carbocycles. The van der Waals surface area contributed by atoms with Crippen LogP contribution < -0.4 is 56.5 Å². The van der Waals surface area contributed by atoms with Crippen LogP contribution in [0.3, 0.4) is 0 Å². The van der Waals surface area contributed by atoms with Crippen molar-refractivity contribution in [2.24, 2.45) is 14.1 Å². The van der Waals surface area contributed by atoms with E-state index in [1.54, 1.807) is 35.4 Å². The molecule has 0 N–H and O–H groups in total. The van der Waals surface area contributed by atoms with Crippen LogP contribution in [0.4, 0.5) is 0 Å². The van der Waals surface area contributed by atoms with Gasteiger partial charge in [-0.15, -0.1) is 0 Å². The molecule has 0 aliphatic heterocycles. The van der Waals surface area contributed by atoms with Crippen molar-refractivity contribution < 1.29 is 42.9 Å². The maximum Gasteiger partial charge on any atom is 0.330 e. The molecular weight excluding hydrogens is 716 g/mol. The number of hydrogen-bond acceptors (Lipinski definition) is 4. The van der Waals surface area contributed by atoms with E-state index in [0.717, 1.165) is 59.1 Å². The van der Waals surface area contributed by atoms with Crippen molar-refractivity contribution in [3.05, 3.63) is 65.2 Å². The van der Waals surface area contributed by atoms with Gasteiger partial charge in [0.1, 0.15) is 0 Å². The Bertz CT molecular complexity index is 1320. The second kappa shape index (κ2) is 21.3. The molecule has 46 heavy (non-hydrogen) atoms. The quantitative estimate of drug-likeness (QED) is 0.104. The topological polar surface area (TPSA) is 88.0 Å². The second-order valence-electron chi connectivity index (χ2n) is 14.2. The van der Waals surface area contributed by atoms with Crippen molar-refractivity contribution in [2.45, 2.75) is 104 Å². The predicted molar refractivity (Wildman–Crippen MR) is 180 cm³/mol. The molecule has 0 unspecified atom stereocenters. The van der Waals surface area contributed by atoms with Crippen molar-refractivity contribution in [1.29, 1.82) is 0 Å². The first-order valence-electron chi connectivity index (χ1n) is 16.8. The Morgan fingerprint density at radius 3 is 1.04 bits per heavy atom. The minimum Gasteiger partial charge on any atom is -1.00 e. The summed E-state index contributed by atoms with van der Waals surface area (Å²) in [6, 6.07) is 3.08. The van der Waals surface area contributed by atoms with Crippen LogP contribution in [0, 0.1) is 13.8 Å². The molecule has 0 radical (unpaired) electrons. The SMILES string of the molecule is Cc1cc(=O)n(C)c(=O)n1CCCC[N+](C)(C)CCCCCCCCCC[N+](C)(C)CCCCn1c(C)cc(=O)n(C)c1=O.[Br-].[Br-]. The molecule has 0 saturated heterocycles. The lowest BCUT2D eigenvalue weighted by atomic mass is 10.1. The van der Waals surface area contributed by atoms with Gasteiger partial charge in [0.2, 0.25) is 0 Å². The van der Waals surface area contributed by atoms with Crippen molar-refractivity contribution in [2.75, 3.05) is 54.4 Å². The predicted octanol–water partition coefficient (Wildman–Crippen LogP) is -2.43. The fraction of sp³-hybridized carbons (Fsp3) is 0.765. The van der Waals surface area contributed by atoms with Crippen molar-refractivity contribution in [3.63, 3.8) is 0 Å². The molecule has 0 atom stereocenters. The zero-order valence-electron chi connectivity index (χ0n) is 30.0. The highest BCUT2D eigenvalue weighted by Crippen LogP contribution is 2.13. The average molecular weight is 779 g/mol. The van der Waals surface area contributed by atoms with Crippen LogP contribution in [0.15, 0.2) is 31.3 Å². The first-order chi connectivity index (χ1) is 20.6. The van der Waals surface area contributed by atoms with E-state index in [0.29, 0.717) is 13.1 Å². The molecule has 0 amide bonds. The Morgan fingerprint density at radius 1 is 0.478 bits per heavy atom. The van der Waals surface area contributed by atoms with Gasteiger partial charge >= 0.3 is 11.4 Å². The van der Waals surface area contributed by atoms with E-state index < -0.39 is 0 Å². The Hall–Kier alpha value is -1.76. The summed E-state index contributed by atoms with van der Waals surface area (Å²) in [7, 11) is 12.3. The number of hydrogen-bond donors (Lipinski definition) is 0. The summed E-state index contributed by atoms with van der Waals surface area (Å²) in [6.07, 6.45) is 14.4. The minimum atomic E-state index is -0.239. The third-order valence-corrected chi connectivity index (χ3v) is 9.28. The number of nitrogens with zero attached hydrogens (tertiary/aromatic N) is 6. The molecule has 12 heteroatoms. The van der Waals surface area contributed by atoms with Gasteiger partial charge in [0, 0.05) is 50.7 Å². The Morgan fingerprint density at radius 2 is 0.739 bits per heavy atom. The highest BCUT2D eigenvalue weighted by molar-refractivity contribution is 5.00. The summed E-state index contributed by atoms with van der Waals surface area (Å²) >= 11 is 0. The average Bonchev–Trinajstić information content (AvgIpc) is 2.94. The molecule has 2 rings (SSSR count). The fourth-order valence-corrected chi connectivity index (χ4v) is 6.09. The van der Waals surface area contributed by atoms with Gasteiger partial charge in [0.25, 0.3) is 11.1 Å². The first kappa shape index (κ1) is 44.2. The number of aromatic nitrogens is 4. The van der Waals surface area contributed by atoms with Crippen molar-refractivity contribution in [3.8, 4) is 0 Å². The Balaban J connectivity index is 0.0000101. The molecule has 0 fully saturated rings. The van der Waals surface area contributed by atoms with Crippen LogP contribution in [-0.2, 0) is 27.2 Å². The second-order valence-corrected chi connectivity index (χ2v) is 14.2. The number of aryl methyl sites for hydroxylation is 2. The molecule has 0 aromatic carbocycles. The molecule has 0 spiro atoms. The fourth-order valence-electron chi connectivity index (χ4n) is 6.09. The monoisotopic (exact) mass is 776 g/mol. The van der Waals surface area contributed by atoms with Gasteiger partial charge in [-0.25, -0.2) is 9.59 Å². The summed E-state index contributed by atoms with van der Waals surface area (Å²) in [5, 5.41) is 0. The normalized spacial score (nSPS) is 11.7. The molecule has 266 valence electrons. The third kappa shape index (κ3) is 15.0. The van der Waals surface area contributed by atoms with E-state index in [2.05, 4.69) is 28.2 Å². The van der Waals surface area contributed by atoms with Crippen LogP contribution in [-0.4, -0.2) is 81.6 Å².